The van der Waals surface area contributed by atoms with Gasteiger partial charge in [0, 0.05) is 23.7 Å². The van der Waals surface area contributed by atoms with E-state index in [1.54, 1.807) is 13.8 Å². The van der Waals surface area contributed by atoms with E-state index in [-0.39, 0.29) is 15.9 Å². The molecule has 5 nitrogen and oxygen atoms in total. The number of benzene rings is 2. The van der Waals surface area contributed by atoms with Crippen LogP contribution in [0.2, 0.25) is 5.02 Å². The quantitative estimate of drug-likeness (QED) is 0.704. The van der Waals surface area contributed by atoms with Gasteiger partial charge in [0.15, 0.2) is 5.82 Å². The summed E-state index contributed by atoms with van der Waals surface area (Å²) in [5.74, 6) is -1.19. The average molecular weight is 400 g/mol. The van der Waals surface area contributed by atoms with Crippen molar-refractivity contribution in [3.8, 4) is 0 Å². The second-order valence-electron chi connectivity index (χ2n) is 5.77. The number of halogens is 3. The van der Waals surface area contributed by atoms with Crippen LogP contribution >= 0.6 is 11.6 Å². The number of rotatable bonds is 5. The Bertz CT molecular complexity index is 1070. The summed E-state index contributed by atoms with van der Waals surface area (Å²) in [6.45, 7) is 3.71. The zero-order chi connectivity index (χ0) is 19.1. The van der Waals surface area contributed by atoms with Gasteiger partial charge < -0.3 is 4.57 Å². The lowest BCUT2D eigenvalue weighted by Crippen LogP contribution is -2.28. The normalized spacial score (nSPS) is 13.3. The van der Waals surface area contributed by atoms with E-state index in [0.717, 1.165) is 12.1 Å². The Labute approximate surface area is 154 Å². The Kier molecular flexibility index (Phi) is 5.01. The lowest BCUT2D eigenvalue weighted by atomic mass is 10.3. The van der Waals surface area contributed by atoms with Crippen LogP contribution in [0.25, 0.3) is 11.0 Å². The summed E-state index contributed by atoms with van der Waals surface area (Å²) in [4.78, 5) is 4.28. The Morgan fingerprint density at radius 1 is 1.23 bits per heavy atom. The largest absolute Gasteiger partial charge is 0.325 e. The van der Waals surface area contributed by atoms with Gasteiger partial charge in [0.25, 0.3) is 0 Å². The first-order chi connectivity index (χ1) is 12.2. The van der Waals surface area contributed by atoms with Crippen molar-refractivity contribution >= 4 is 32.7 Å². The zero-order valence-corrected chi connectivity index (χ0v) is 15.6. The van der Waals surface area contributed by atoms with E-state index >= 15 is 0 Å². The fraction of sp³-hybridized carbons (Fsp3) is 0.235. The molecule has 9 heteroatoms. The molecule has 0 radical (unpaired) electrons. The number of hydrogen-bond acceptors (Lipinski definition) is 3. The molecule has 0 aliphatic carbocycles. The third-order valence-corrected chi connectivity index (χ3v) is 5.76. The Morgan fingerprint density at radius 2 is 1.88 bits per heavy atom. The molecule has 26 heavy (non-hydrogen) atoms. The molecule has 0 fully saturated rings. The smallest absolute Gasteiger partial charge is 0.241 e. The molecule has 3 rings (SSSR count). The van der Waals surface area contributed by atoms with Gasteiger partial charge in [-0.25, -0.2) is 26.9 Å². The topological polar surface area (TPSA) is 64.0 Å². The van der Waals surface area contributed by atoms with Gasteiger partial charge in [0.1, 0.15) is 17.2 Å². The van der Waals surface area contributed by atoms with Crippen molar-refractivity contribution in [2.75, 3.05) is 0 Å². The molecule has 0 aliphatic rings. The maximum Gasteiger partial charge on any atom is 0.241 e. The van der Waals surface area contributed by atoms with Gasteiger partial charge in [0.05, 0.1) is 16.5 Å². The summed E-state index contributed by atoms with van der Waals surface area (Å²) in [5.41, 5.74) is 0.276. The lowest BCUT2D eigenvalue weighted by molar-refractivity contribution is 0.547. The number of nitrogens with one attached hydrogen (secondary N) is 1. The number of imidazole rings is 1. The van der Waals surface area contributed by atoms with Gasteiger partial charge in [-0.2, -0.15) is 0 Å². The first kappa shape index (κ1) is 18.8. The summed E-state index contributed by atoms with van der Waals surface area (Å²) >= 11 is 5.78. The van der Waals surface area contributed by atoms with Gasteiger partial charge in [-0.1, -0.05) is 11.6 Å². The van der Waals surface area contributed by atoms with Crippen LogP contribution in [0.15, 0.2) is 41.3 Å². The summed E-state index contributed by atoms with van der Waals surface area (Å²) in [6, 6.07) is 6.85. The molecule has 0 spiro atoms. The Balaban J connectivity index is 2.01. The minimum Gasteiger partial charge on any atom is -0.325 e. The highest BCUT2D eigenvalue weighted by molar-refractivity contribution is 7.89. The van der Waals surface area contributed by atoms with Gasteiger partial charge in [-0.15, -0.1) is 0 Å². The van der Waals surface area contributed by atoms with Crippen molar-refractivity contribution in [1.29, 1.82) is 0 Å². The first-order valence-electron chi connectivity index (χ1n) is 7.86. The molecule has 0 saturated carbocycles. The van der Waals surface area contributed by atoms with Crippen molar-refractivity contribution in [2.45, 2.75) is 31.3 Å². The summed E-state index contributed by atoms with van der Waals surface area (Å²) < 4.78 is 56.7. The summed E-state index contributed by atoms with van der Waals surface area (Å²) in [6.07, 6.45) is 0. The zero-order valence-electron chi connectivity index (χ0n) is 14.0. The molecule has 0 saturated heterocycles. The van der Waals surface area contributed by atoms with Crippen LogP contribution < -0.4 is 4.72 Å². The van der Waals surface area contributed by atoms with E-state index < -0.39 is 27.7 Å². The van der Waals surface area contributed by atoms with E-state index in [1.807, 2.05) is 0 Å². The highest BCUT2D eigenvalue weighted by atomic mass is 35.5. The van der Waals surface area contributed by atoms with Crippen molar-refractivity contribution in [2.24, 2.45) is 0 Å². The Morgan fingerprint density at radius 3 is 2.50 bits per heavy atom. The monoisotopic (exact) mass is 399 g/mol. The fourth-order valence-electron chi connectivity index (χ4n) is 2.82. The maximum absolute atomic E-state index is 14.2. The number of fused-ring (bicyclic) bond motifs is 1. The van der Waals surface area contributed by atoms with Crippen LogP contribution in [-0.4, -0.2) is 18.0 Å². The average Bonchev–Trinajstić information content (AvgIpc) is 2.93. The van der Waals surface area contributed by atoms with Crippen LogP contribution in [-0.2, 0) is 16.6 Å². The predicted molar refractivity (Wildman–Crippen MR) is 95.5 cm³/mol. The fourth-order valence-corrected chi connectivity index (χ4v) is 4.15. The van der Waals surface area contributed by atoms with Gasteiger partial charge in [0.2, 0.25) is 10.0 Å². The maximum atomic E-state index is 14.2. The molecule has 1 heterocycles. The molecule has 3 aromatic rings. The van der Waals surface area contributed by atoms with Crippen LogP contribution in [0.1, 0.15) is 25.7 Å². The number of aromatic nitrogens is 2. The van der Waals surface area contributed by atoms with E-state index in [4.69, 9.17) is 11.6 Å². The van der Waals surface area contributed by atoms with E-state index in [2.05, 4.69) is 9.71 Å². The van der Waals surface area contributed by atoms with E-state index in [1.165, 1.54) is 28.8 Å². The van der Waals surface area contributed by atoms with Crippen LogP contribution in [0.3, 0.4) is 0 Å². The van der Waals surface area contributed by atoms with E-state index in [0.29, 0.717) is 17.4 Å². The number of sulfonamides is 1. The number of nitrogens with zero attached hydrogens (tertiary/aromatic N) is 2. The molecule has 1 atom stereocenters. The minimum atomic E-state index is -3.83. The highest BCUT2D eigenvalue weighted by Gasteiger charge is 2.24. The molecular weight excluding hydrogens is 384 g/mol. The minimum absolute atomic E-state index is 0.0464. The molecule has 0 aliphatic heterocycles. The molecule has 2 aromatic carbocycles. The standard InChI is InChI=1S/C17H16ClF2N3O2S/c1-3-23-16-14(20)8-12(19)9-15(16)21-17(23)10(2)22-26(24,25)13-6-4-11(18)5-7-13/h4-10,22H,3H2,1-2H3/t10-/m1/s1. The van der Waals surface area contributed by atoms with Gasteiger partial charge in [-0.3, -0.25) is 0 Å². The van der Waals surface area contributed by atoms with Crippen molar-refractivity contribution < 1.29 is 17.2 Å². The summed E-state index contributed by atoms with van der Waals surface area (Å²) in [7, 11) is -3.83. The van der Waals surface area contributed by atoms with Crippen molar-refractivity contribution in [3.05, 3.63) is 58.9 Å². The Hall–Kier alpha value is -2.03. The van der Waals surface area contributed by atoms with E-state index in [9.17, 15) is 17.2 Å². The number of aryl methyl sites for hydroxylation is 1. The molecule has 0 amide bonds. The summed E-state index contributed by atoms with van der Waals surface area (Å²) in [5, 5.41) is 0.419. The lowest BCUT2D eigenvalue weighted by Gasteiger charge is -2.15. The van der Waals surface area contributed by atoms with Crippen LogP contribution in [0.5, 0.6) is 0 Å². The molecule has 1 N–H and O–H groups in total. The molecule has 0 bridgehead atoms. The second kappa shape index (κ2) is 6.94. The predicted octanol–water partition coefficient (Wildman–Crippen LogP) is 4.03. The van der Waals surface area contributed by atoms with Crippen molar-refractivity contribution in [3.63, 3.8) is 0 Å². The highest BCUT2D eigenvalue weighted by Crippen LogP contribution is 2.25. The van der Waals surface area contributed by atoms with Crippen LogP contribution in [0, 0.1) is 11.6 Å². The number of hydrogen-bond donors (Lipinski definition) is 1. The van der Waals surface area contributed by atoms with Gasteiger partial charge in [-0.05, 0) is 38.1 Å². The molecule has 0 unspecified atom stereocenters. The second-order valence-corrected chi connectivity index (χ2v) is 7.92. The molecule has 138 valence electrons. The molecule has 1 aromatic heterocycles. The third-order valence-electron chi connectivity index (χ3n) is 3.95. The SMILES string of the molecule is CCn1c([C@@H](C)NS(=O)(=O)c2ccc(Cl)cc2)nc2cc(F)cc(F)c21. The first-order valence-corrected chi connectivity index (χ1v) is 9.72. The molecular formula is C17H16ClF2N3O2S. The van der Waals surface area contributed by atoms with Gasteiger partial charge >= 0.3 is 0 Å². The van der Waals surface area contributed by atoms with Crippen molar-refractivity contribution in [1.82, 2.24) is 14.3 Å². The third kappa shape index (κ3) is 3.44. The van der Waals surface area contributed by atoms with Crippen LogP contribution in [0.4, 0.5) is 8.78 Å².